The molecule has 0 N–H and O–H groups in total. The number of benzene rings is 1. The fourth-order valence-electron chi connectivity index (χ4n) is 4.27. The first-order valence-corrected chi connectivity index (χ1v) is 10.9. The van der Waals surface area contributed by atoms with E-state index >= 15 is 0 Å². The van der Waals surface area contributed by atoms with Crippen LogP contribution in [0.1, 0.15) is 39.3 Å². The van der Waals surface area contributed by atoms with Gasteiger partial charge in [-0.15, -0.1) is 10.2 Å². The highest BCUT2D eigenvalue weighted by Gasteiger charge is 2.19. The van der Waals surface area contributed by atoms with Crippen LogP contribution >= 0.6 is 11.8 Å². The molecule has 0 atom stereocenters. The Morgan fingerprint density at radius 1 is 1.07 bits per heavy atom. The molecule has 1 aromatic carbocycles. The highest BCUT2D eigenvalue weighted by atomic mass is 32.2. The second-order valence-electron chi connectivity index (χ2n) is 7.55. The van der Waals surface area contributed by atoms with Crippen molar-refractivity contribution < 1.29 is 4.79 Å². The molecular formula is C23H22N4OS. The summed E-state index contributed by atoms with van der Waals surface area (Å²) >= 11 is 1.43. The first-order valence-electron chi connectivity index (χ1n) is 9.89. The van der Waals surface area contributed by atoms with Gasteiger partial charge in [0.2, 0.25) is 0 Å². The molecule has 5 rings (SSSR count). The Kier molecular flexibility index (Phi) is 4.51. The Labute approximate surface area is 173 Å². The number of hydrogen-bond acceptors (Lipinski definition) is 4. The van der Waals surface area contributed by atoms with Crippen molar-refractivity contribution in [3.63, 3.8) is 0 Å². The molecule has 0 unspecified atom stereocenters. The Hall–Kier alpha value is -2.86. The lowest BCUT2D eigenvalue weighted by molar-refractivity contribution is 0.102. The molecule has 0 aliphatic heterocycles. The molecule has 0 saturated heterocycles. The number of ketones is 1. The van der Waals surface area contributed by atoms with Crippen LogP contribution in [0.5, 0.6) is 0 Å². The number of Topliss-reactive ketones (excluding diaryl/α,β-unsaturated/α-hetero) is 1. The van der Waals surface area contributed by atoms with Crippen molar-refractivity contribution in [1.82, 2.24) is 19.2 Å². The van der Waals surface area contributed by atoms with Crippen molar-refractivity contribution in [2.24, 2.45) is 0 Å². The second kappa shape index (κ2) is 7.19. The molecule has 1 aliphatic carbocycles. The van der Waals surface area contributed by atoms with Gasteiger partial charge in [0.05, 0.1) is 5.75 Å². The van der Waals surface area contributed by atoms with Crippen molar-refractivity contribution >= 4 is 23.2 Å². The summed E-state index contributed by atoms with van der Waals surface area (Å²) in [6, 6.07) is 14.5. The van der Waals surface area contributed by atoms with E-state index in [4.69, 9.17) is 0 Å². The molecule has 0 radical (unpaired) electrons. The van der Waals surface area contributed by atoms with Gasteiger partial charge in [-0.3, -0.25) is 9.20 Å². The maximum atomic E-state index is 13.0. The van der Waals surface area contributed by atoms with Crippen molar-refractivity contribution in [1.29, 1.82) is 0 Å². The van der Waals surface area contributed by atoms with Gasteiger partial charge in [-0.1, -0.05) is 23.9 Å². The maximum Gasteiger partial charge on any atom is 0.196 e. The lowest BCUT2D eigenvalue weighted by Crippen LogP contribution is -2.06. The number of fused-ring (bicyclic) bond motifs is 2. The molecule has 0 spiro atoms. The average molecular weight is 403 g/mol. The minimum Gasteiger partial charge on any atom is -0.318 e. The smallest absolute Gasteiger partial charge is 0.196 e. The summed E-state index contributed by atoms with van der Waals surface area (Å²) in [5, 5.41) is 9.09. The van der Waals surface area contributed by atoms with E-state index in [1.807, 2.05) is 41.8 Å². The van der Waals surface area contributed by atoms with Crippen molar-refractivity contribution in [3.8, 4) is 5.69 Å². The zero-order valence-corrected chi connectivity index (χ0v) is 17.4. The summed E-state index contributed by atoms with van der Waals surface area (Å²) in [5.74, 6) is 0.452. The van der Waals surface area contributed by atoms with Gasteiger partial charge < -0.3 is 4.57 Å². The highest BCUT2D eigenvalue weighted by molar-refractivity contribution is 7.99. The van der Waals surface area contributed by atoms with Gasteiger partial charge in [-0.2, -0.15) is 0 Å². The molecule has 3 aromatic heterocycles. The number of pyridine rings is 1. The minimum absolute atomic E-state index is 0.114. The van der Waals surface area contributed by atoms with Gasteiger partial charge in [0.15, 0.2) is 16.6 Å². The molecule has 1 aliphatic rings. The molecule has 0 saturated carbocycles. The first kappa shape index (κ1) is 18.2. The largest absolute Gasteiger partial charge is 0.318 e. The summed E-state index contributed by atoms with van der Waals surface area (Å²) in [6.45, 7) is 4.10. The van der Waals surface area contributed by atoms with Gasteiger partial charge in [-0.25, -0.2) is 0 Å². The van der Waals surface area contributed by atoms with E-state index in [9.17, 15) is 4.79 Å². The molecule has 0 bridgehead atoms. The van der Waals surface area contributed by atoms with Crippen LogP contribution in [0.4, 0.5) is 0 Å². The molecule has 0 amide bonds. The lowest BCUT2D eigenvalue weighted by Gasteiger charge is -2.12. The third-order valence-corrected chi connectivity index (χ3v) is 6.63. The molecule has 4 aromatic rings. The molecule has 29 heavy (non-hydrogen) atoms. The van der Waals surface area contributed by atoms with Crippen LogP contribution in [0, 0.1) is 13.8 Å². The van der Waals surface area contributed by atoms with Crippen molar-refractivity contribution in [2.75, 3.05) is 5.75 Å². The number of thioether (sulfide) groups is 1. The van der Waals surface area contributed by atoms with Crippen LogP contribution in [-0.4, -0.2) is 30.7 Å². The first-order chi connectivity index (χ1) is 14.1. The maximum absolute atomic E-state index is 13.0. The minimum atomic E-state index is 0.114. The summed E-state index contributed by atoms with van der Waals surface area (Å²) < 4.78 is 4.11. The van der Waals surface area contributed by atoms with E-state index in [0.717, 1.165) is 39.9 Å². The van der Waals surface area contributed by atoms with E-state index in [0.29, 0.717) is 5.75 Å². The van der Waals surface area contributed by atoms with Gasteiger partial charge in [-0.05, 0) is 74.6 Å². The third-order valence-electron chi connectivity index (χ3n) is 5.69. The fraction of sp³-hybridized carbons (Fsp3) is 0.261. The van der Waals surface area contributed by atoms with E-state index < -0.39 is 0 Å². The topological polar surface area (TPSA) is 52.2 Å². The van der Waals surface area contributed by atoms with E-state index in [2.05, 4.69) is 39.9 Å². The van der Waals surface area contributed by atoms with Gasteiger partial charge in [0.25, 0.3) is 0 Å². The Morgan fingerprint density at radius 2 is 1.93 bits per heavy atom. The highest BCUT2D eigenvalue weighted by Crippen LogP contribution is 2.28. The Bertz CT molecular complexity index is 1240. The van der Waals surface area contributed by atoms with Crippen molar-refractivity contribution in [2.45, 2.75) is 38.3 Å². The van der Waals surface area contributed by atoms with Crippen LogP contribution in [0.2, 0.25) is 0 Å². The van der Waals surface area contributed by atoms with E-state index in [1.165, 1.54) is 35.7 Å². The van der Waals surface area contributed by atoms with Crippen LogP contribution in [0.25, 0.3) is 11.3 Å². The molecule has 0 fully saturated rings. The standard InChI is InChI=1S/C23H22N4OS/c1-15-12-20(16(2)27(15)19-10-9-17-6-5-7-18(17)13-19)21(28)14-29-23-25-24-22-8-3-4-11-26(22)23/h3-4,8-13H,5-7,14H2,1-2H3. The lowest BCUT2D eigenvalue weighted by atomic mass is 10.1. The SMILES string of the molecule is Cc1cc(C(=O)CSc2nnc3ccccn23)c(C)n1-c1ccc2c(c1)CCC2. The number of aryl methyl sites for hydroxylation is 3. The number of rotatable bonds is 5. The van der Waals surface area contributed by atoms with Crippen LogP contribution in [0.3, 0.4) is 0 Å². The third kappa shape index (κ3) is 3.17. The summed E-state index contributed by atoms with van der Waals surface area (Å²) in [6.07, 6.45) is 5.48. The molecule has 6 heteroatoms. The zero-order chi connectivity index (χ0) is 20.0. The summed E-state index contributed by atoms with van der Waals surface area (Å²) in [7, 11) is 0. The number of nitrogens with zero attached hydrogens (tertiary/aromatic N) is 4. The van der Waals surface area contributed by atoms with Crippen molar-refractivity contribution in [3.05, 3.63) is 76.7 Å². The summed E-state index contributed by atoms with van der Waals surface area (Å²) in [5.41, 5.74) is 7.71. The van der Waals surface area contributed by atoms with Gasteiger partial charge >= 0.3 is 0 Å². The van der Waals surface area contributed by atoms with Gasteiger partial charge in [0.1, 0.15) is 0 Å². The monoisotopic (exact) mass is 402 g/mol. The fourth-order valence-corrected chi connectivity index (χ4v) is 5.07. The predicted octanol–water partition coefficient (Wildman–Crippen LogP) is 4.60. The summed E-state index contributed by atoms with van der Waals surface area (Å²) in [4.78, 5) is 13.0. The van der Waals surface area contributed by atoms with Crippen LogP contribution in [0.15, 0.2) is 53.8 Å². The van der Waals surface area contributed by atoms with E-state index in [-0.39, 0.29) is 5.78 Å². The van der Waals surface area contributed by atoms with Crippen LogP contribution in [-0.2, 0) is 12.8 Å². The predicted molar refractivity (Wildman–Crippen MR) is 115 cm³/mol. The number of hydrogen-bond donors (Lipinski definition) is 0. The second-order valence-corrected chi connectivity index (χ2v) is 8.49. The quantitative estimate of drug-likeness (QED) is 0.362. The molecule has 3 heterocycles. The van der Waals surface area contributed by atoms with Gasteiger partial charge in [0, 0.05) is 28.8 Å². The normalized spacial score (nSPS) is 13.2. The van der Waals surface area contributed by atoms with E-state index in [1.54, 1.807) is 0 Å². The molecular weight excluding hydrogens is 380 g/mol. The Balaban J connectivity index is 1.40. The molecule has 5 nitrogen and oxygen atoms in total. The zero-order valence-electron chi connectivity index (χ0n) is 16.6. The molecule has 146 valence electrons. The number of carbonyl (C=O) groups excluding carboxylic acids is 1. The van der Waals surface area contributed by atoms with Crippen LogP contribution < -0.4 is 0 Å². The average Bonchev–Trinajstić information content (AvgIpc) is 3.43. The number of carbonyl (C=O) groups is 1. The Morgan fingerprint density at radius 3 is 2.83 bits per heavy atom. The number of aromatic nitrogens is 4.